The van der Waals surface area contributed by atoms with Crippen molar-refractivity contribution in [2.45, 2.75) is 18.7 Å². The van der Waals surface area contributed by atoms with Crippen LogP contribution in [0.1, 0.15) is 21.6 Å². The van der Waals surface area contributed by atoms with E-state index >= 15 is 0 Å². The zero-order valence-corrected chi connectivity index (χ0v) is 14.4. The van der Waals surface area contributed by atoms with Gasteiger partial charge in [0, 0.05) is 5.39 Å². The topological polar surface area (TPSA) is 65.4 Å². The van der Waals surface area contributed by atoms with Crippen molar-refractivity contribution in [1.82, 2.24) is 3.97 Å². The van der Waals surface area contributed by atoms with Crippen molar-refractivity contribution < 1.29 is 17.9 Å². The smallest absolute Gasteiger partial charge is 0.355 e. The van der Waals surface area contributed by atoms with Gasteiger partial charge in [0.05, 0.1) is 17.5 Å². The number of methoxy groups -OCH3 is 1. The molecular formula is C18H17NO4S. The van der Waals surface area contributed by atoms with E-state index in [9.17, 15) is 13.2 Å². The Morgan fingerprint density at radius 3 is 2.33 bits per heavy atom. The van der Waals surface area contributed by atoms with Crippen LogP contribution >= 0.6 is 0 Å². The van der Waals surface area contributed by atoms with Gasteiger partial charge in [0.2, 0.25) is 0 Å². The Hall–Kier alpha value is -2.60. The molecule has 6 heteroatoms. The molecule has 0 aliphatic rings. The first-order chi connectivity index (χ1) is 11.4. The Kier molecular flexibility index (Phi) is 3.93. The van der Waals surface area contributed by atoms with Gasteiger partial charge in [0.1, 0.15) is 5.69 Å². The Morgan fingerprint density at radius 1 is 1.04 bits per heavy atom. The highest BCUT2D eigenvalue weighted by molar-refractivity contribution is 7.90. The maximum atomic E-state index is 13.1. The molecule has 1 heterocycles. The summed E-state index contributed by atoms with van der Waals surface area (Å²) in [5.41, 5.74) is 2.28. The normalized spacial score (nSPS) is 11.6. The van der Waals surface area contributed by atoms with Crippen molar-refractivity contribution in [3.05, 3.63) is 65.4 Å². The molecule has 0 radical (unpaired) electrons. The third-order valence-corrected chi connectivity index (χ3v) is 5.72. The molecule has 0 unspecified atom stereocenters. The van der Waals surface area contributed by atoms with Crippen molar-refractivity contribution in [2.24, 2.45) is 0 Å². The lowest BCUT2D eigenvalue weighted by Gasteiger charge is -2.11. The molecule has 0 saturated heterocycles. The fraction of sp³-hybridized carbons (Fsp3) is 0.167. The van der Waals surface area contributed by atoms with E-state index in [4.69, 9.17) is 4.74 Å². The lowest BCUT2D eigenvalue weighted by Crippen LogP contribution is -2.19. The largest absolute Gasteiger partial charge is 0.464 e. The molecular weight excluding hydrogens is 326 g/mol. The van der Waals surface area contributed by atoms with Crippen molar-refractivity contribution in [3.63, 3.8) is 0 Å². The lowest BCUT2D eigenvalue weighted by atomic mass is 10.1. The third-order valence-electron chi connectivity index (χ3n) is 3.97. The molecule has 0 N–H and O–H groups in total. The van der Waals surface area contributed by atoms with Crippen LogP contribution in [0.15, 0.2) is 53.4 Å². The summed E-state index contributed by atoms with van der Waals surface area (Å²) < 4.78 is 32.1. The van der Waals surface area contributed by atoms with Gasteiger partial charge in [-0.2, -0.15) is 0 Å². The number of fused-ring (bicyclic) bond motifs is 1. The number of rotatable bonds is 3. The third kappa shape index (κ3) is 2.49. The van der Waals surface area contributed by atoms with Crippen molar-refractivity contribution in [3.8, 4) is 0 Å². The van der Waals surface area contributed by atoms with Crippen LogP contribution in [-0.2, 0) is 14.8 Å². The SMILES string of the molecule is COC(=O)c1cc2c(C)cccc2n1S(=O)(=O)c1ccc(C)cc1. The molecule has 0 bridgehead atoms. The summed E-state index contributed by atoms with van der Waals surface area (Å²) in [7, 11) is -2.69. The van der Waals surface area contributed by atoms with E-state index in [1.165, 1.54) is 19.2 Å². The first-order valence-electron chi connectivity index (χ1n) is 7.38. The van der Waals surface area contributed by atoms with E-state index in [1.807, 2.05) is 19.9 Å². The lowest BCUT2D eigenvalue weighted by molar-refractivity contribution is 0.0593. The molecule has 0 atom stereocenters. The summed E-state index contributed by atoms with van der Waals surface area (Å²) in [6.07, 6.45) is 0. The minimum Gasteiger partial charge on any atom is -0.464 e. The predicted molar refractivity (Wildman–Crippen MR) is 91.8 cm³/mol. The van der Waals surface area contributed by atoms with Crippen LogP contribution < -0.4 is 0 Å². The van der Waals surface area contributed by atoms with Crippen molar-refractivity contribution in [2.75, 3.05) is 7.11 Å². The van der Waals surface area contributed by atoms with Crippen LogP contribution in [0, 0.1) is 13.8 Å². The summed E-state index contributed by atoms with van der Waals surface area (Å²) in [4.78, 5) is 12.3. The Morgan fingerprint density at radius 2 is 1.71 bits per heavy atom. The van der Waals surface area contributed by atoms with Crippen molar-refractivity contribution in [1.29, 1.82) is 0 Å². The fourth-order valence-corrected chi connectivity index (χ4v) is 4.17. The summed E-state index contributed by atoms with van der Waals surface area (Å²) in [6.45, 7) is 3.75. The molecule has 2 aromatic carbocycles. The minimum atomic E-state index is -3.93. The molecule has 3 rings (SSSR count). The number of carbonyl (C=O) groups excluding carboxylic acids is 1. The molecule has 0 aliphatic carbocycles. The second-order valence-corrected chi connectivity index (χ2v) is 7.40. The average Bonchev–Trinajstić information content (AvgIpc) is 2.96. The number of carbonyl (C=O) groups is 1. The Balaban J connectivity index is 2.37. The summed E-state index contributed by atoms with van der Waals surface area (Å²) >= 11 is 0. The van der Waals surface area contributed by atoms with Crippen LogP contribution in [0.5, 0.6) is 0 Å². The van der Waals surface area contributed by atoms with Gasteiger partial charge in [0.15, 0.2) is 0 Å². The van der Waals surface area contributed by atoms with Gasteiger partial charge in [-0.3, -0.25) is 0 Å². The highest BCUT2D eigenvalue weighted by Crippen LogP contribution is 2.28. The molecule has 24 heavy (non-hydrogen) atoms. The average molecular weight is 343 g/mol. The van der Waals surface area contributed by atoms with Crippen LogP contribution in [0.3, 0.4) is 0 Å². The van der Waals surface area contributed by atoms with Gasteiger partial charge in [0.25, 0.3) is 10.0 Å². The molecule has 0 fully saturated rings. The summed E-state index contributed by atoms with van der Waals surface area (Å²) in [5, 5.41) is 0.702. The number of hydrogen-bond acceptors (Lipinski definition) is 4. The molecule has 3 aromatic rings. The van der Waals surface area contributed by atoms with E-state index in [1.54, 1.807) is 30.3 Å². The van der Waals surface area contributed by atoms with Crippen LogP contribution in [0.4, 0.5) is 0 Å². The second kappa shape index (κ2) is 5.79. The molecule has 124 valence electrons. The number of esters is 1. The molecule has 1 aromatic heterocycles. The molecule has 0 saturated carbocycles. The number of hydrogen-bond donors (Lipinski definition) is 0. The number of aromatic nitrogens is 1. The van der Waals surface area contributed by atoms with Crippen molar-refractivity contribution >= 4 is 26.9 Å². The van der Waals surface area contributed by atoms with Gasteiger partial charge >= 0.3 is 5.97 Å². The van der Waals surface area contributed by atoms with Gasteiger partial charge in [-0.1, -0.05) is 29.8 Å². The standard InChI is InChI=1S/C18H17NO4S/c1-12-7-9-14(10-8-12)24(21,22)19-16-6-4-5-13(2)15(16)11-17(19)18(20)23-3/h4-11H,1-3H3. The van der Waals surface area contributed by atoms with E-state index < -0.39 is 16.0 Å². The molecule has 5 nitrogen and oxygen atoms in total. The van der Waals surface area contributed by atoms with Gasteiger partial charge in [-0.15, -0.1) is 0 Å². The maximum Gasteiger partial charge on any atom is 0.355 e. The minimum absolute atomic E-state index is 0.0117. The van der Waals surface area contributed by atoms with Gasteiger partial charge in [-0.05, 0) is 43.7 Å². The molecule has 0 aliphatic heterocycles. The number of benzene rings is 2. The van der Waals surface area contributed by atoms with E-state index in [2.05, 4.69) is 0 Å². The fourth-order valence-electron chi connectivity index (χ4n) is 2.68. The molecule has 0 spiro atoms. The van der Waals surface area contributed by atoms with E-state index in [0.717, 1.165) is 15.1 Å². The maximum absolute atomic E-state index is 13.1. The quantitative estimate of drug-likeness (QED) is 0.685. The molecule has 0 amide bonds. The first kappa shape index (κ1) is 16.3. The summed E-state index contributed by atoms with van der Waals surface area (Å²) in [5.74, 6) is -0.693. The Bertz CT molecular complexity index is 1030. The number of aryl methyl sites for hydroxylation is 2. The number of nitrogens with zero attached hydrogens (tertiary/aromatic N) is 1. The van der Waals surface area contributed by atoms with Crippen LogP contribution in [0.2, 0.25) is 0 Å². The zero-order valence-electron chi connectivity index (χ0n) is 13.6. The monoisotopic (exact) mass is 343 g/mol. The van der Waals surface area contributed by atoms with Gasteiger partial charge < -0.3 is 4.74 Å². The second-order valence-electron chi connectivity index (χ2n) is 5.61. The number of ether oxygens (including phenoxy) is 1. The summed E-state index contributed by atoms with van der Waals surface area (Å²) in [6, 6.07) is 13.4. The van der Waals surface area contributed by atoms with E-state index in [-0.39, 0.29) is 10.6 Å². The highest BCUT2D eigenvalue weighted by atomic mass is 32.2. The Labute approximate surface area is 140 Å². The van der Waals surface area contributed by atoms with Crippen LogP contribution in [0.25, 0.3) is 10.9 Å². The van der Waals surface area contributed by atoms with Crippen LogP contribution in [-0.4, -0.2) is 25.5 Å². The predicted octanol–water partition coefficient (Wildman–Crippen LogP) is 3.28. The highest BCUT2D eigenvalue weighted by Gasteiger charge is 2.27. The zero-order chi connectivity index (χ0) is 17.5. The first-order valence-corrected chi connectivity index (χ1v) is 8.82. The van der Waals surface area contributed by atoms with Gasteiger partial charge in [-0.25, -0.2) is 17.2 Å². The van der Waals surface area contributed by atoms with E-state index in [0.29, 0.717) is 10.9 Å².